The van der Waals surface area contributed by atoms with Crippen LogP contribution in [-0.2, 0) is 9.84 Å². The highest BCUT2D eigenvalue weighted by Gasteiger charge is 2.21. The number of nitrogens with one attached hydrogen (secondary N) is 1. The van der Waals surface area contributed by atoms with Gasteiger partial charge in [0.1, 0.15) is 4.90 Å². The fourth-order valence-corrected chi connectivity index (χ4v) is 3.88. The van der Waals surface area contributed by atoms with Gasteiger partial charge in [0, 0.05) is 12.3 Å². The van der Waals surface area contributed by atoms with E-state index in [0.717, 1.165) is 30.7 Å². The third-order valence-corrected chi connectivity index (χ3v) is 5.60. The molecule has 0 saturated carbocycles. The van der Waals surface area contributed by atoms with E-state index >= 15 is 0 Å². The van der Waals surface area contributed by atoms with E-state index in [9.17, 15) is 26.8 Å². The van der Waals surface area contributed by atoms with Crippen molar-refractivity contribution in [2.75, 3.05) is 13.4 Å². The molecule has 0 aliphatic rings. The van der Waals surface area contributed by atoms with E-state index in [-0.39, 0.29) is 38.0 Å². The van der Waals surface area contributed by atoms with Crippen LogP contribution in [0.25, 0.3) is 5.69 Å². The largest absolute Gasteiger partial charge is 0.494 e. The Morgan fingerprint density at radius 2 is 1.78 bits per heavy atom. The number of aromatic nitrogens is 4. The van der Waals surface area contributed by atoms with Crippen molar-refractivity contribution in [1.29, 1.82) is 0 Å². The summed E-state index contributed by atoms with van der Waals surface area (Å²) in [6.07, 6.45) is -1.15. The van der Waals surface area contributed by atoms with E-state index in [1.165, 1.54) is 7.11 Å². The molecule has 1 N–H and O–H groups in total. The van der Waals surface area contributed by atoms with Crippen molar-refractivity contribution < 1.29 is 26.7 Å². The third kappa shape index (κ3) is 4.74. The van der Waals surface area contributed by atoms with Gasteiger partial charge in [-0.25, -0.2) is 27.0 Å². The number of benzene rings is 1. The highest BCUT2D eigenvalue weighted by atomic mass is 35.5. The minimum absolute atomic E-state index is 0.00857. The fourth-order valence-electron chi connectivity index (χ4n) is 2.51. The molecule has 10 nitrogen and oxygen atoms in total. The van der Waals surface area contributed by atoms with Crippen molar-refractivity contribution in [2.45, 2.75) is 11.3 Å². The molecule has 0 saturated heterocycles. The summed E-state index contributed by atoms with van der Waals surface area (Å²) in [5.41, 5.74) is -3.75. The summed E-state index contributed by atoms with van der Waals surface area (Å²) in [6.45, 7) is 0. The number of methoxy groups -OCH3 is 1. The van der Waals surface area contributed by atoms with E-state index in [1.807, 2.05) is 0 Å². The quantitative estimate of drug-likeness (QED) is 0.537. The number of alkyl halides is 2. The molecule has 2 aromatic heterocycles. The second kappa shape index (κ2) is 8.84. The summed E-state index contributed by atoms with van der Waals surface area (Å²) in [5.74, 6) is -0.367. The van der Waals surface area contributed by atoms with E-state index in [2.05, 4.69) is 10.1 Å². The van der Waals surface area contributed by atoms with Gasteiger partial charge in [0.2, 0.25) is 5.88 Å². The van der Waals surface area contributed by atoms with Crippen molar-refractivity contribution >= 4 is 33.0 Å². The lowest BCUT2D eigenvalue weighted by atomic mass is 10.3. The van der Waals surface area contributed by atoms with Gasteiger partial charge in [0.25, 0.3) is 12.0 Å². The van der Waals surface area contributed by atoms with E-state index in [0.29, 0.717) is 4.68 Å². The number of ether oxygens (including phenoxy) is 2. The minimum atomic E-state index is -3.69. The number of aromatic amines is 1. The number of hydrogen-bond acceptors (Lipinski definition) is 8. The van der Waals surface area contributed by atoms with Crippen LogP contribution in [0.5, 0.6) is 17.4 Å². The number of H-pyrrole nitrogens is 1. The Labute approximate surface area is 188 Å². The molecule has 0 aliphatic heterocycles. The first-order chi connectivity index (χ1) is 14.9. The normalized spacial score (nSPS) is 11.6. The number of hydrogen-bond donors (Lipinski definition) is 1. The lowest BCUT2D eigenvalue weighted by Crippen LogP contribution is -2.34. The molecule has 0 fully saturated rings. The van der Waals surface area contributed by atoms with Gasteiger partial charge in [-0.3, -0.25) is 9.78 Å². The number of pyridine rings is 1. The van der Waals surface area contributed by atoms with Crippen LogP contribution in [0, 0.1) is 0 Å². The van der Waals surface area contributed by atoms with Crippen LogP contribution in [0.3, 0.4) is 0 Å². The molecule has 32 heavy (non-hydrogen) atoms. The van der Waals surface area contributed by atoms with Gasteiger partial charge in [0.15, 0.2) is 27.0 Å². The smallest absolute Gasteiger partial charge is 0.349 e. The first kappa shape index (κ1) is 23.6. The molecular formula is C17H12Cl2F2N4O6S. The average Bonchev–Trinajstić information content (AvgIpc) is 2.69. The standard InChI is InChI=1S/C17H12Cl2F2N4O6S/c1-30-10-6-22-12(5-11(10)32(2,28)29)31-14-8(18)3-7(4-9(14)19)25-17(27)23-16(26)13(24-25)15(20)21/h3-6,15H,1-2H3,(H,23,26,27). The van der Waals surface area contributed by atoms with Crippen LogP contribution in [0.4, 0.5) is 8.78 Å². The highest BCUT2D eigenvalue weighted by Crippen LogP contribution is 2.38. The van der Waals surface area contributed by atoms with Crippen LogP contribution < -0.4 is 20.7 Å². The van der Waals surface area contributed by atoms with Crippen molar-refractivity contribution in [3.05, 3.63) is 61.0 Å². The van der Waals surface area contributed by atoms with E-state index in [1.54, 1.807) is 4.98 Å². The molecule has 0 spiro atoms. The second-order valence-electron chi connectivity index (χ2n) is 6.14. The number of sulfone groups is 1. The number of rotatable bonds is 6. The highest BCUT2D eigenvalue weighted by molar-refractivity contribution is 7.90. The lowest BCUT2D eigenvalue weighted by molar-refractivity contribution is 0.141. The zero-order valence-electron chi connectivity index (χ0n) is 16.1. The van der Waals surface area contributed by atoms with E-state index in [4.69, 9.17) is 32.7 Å². The molecule has 0 atom stereocenters. The van der Waals surface area contributed by atoms with Gasteiger partial charge in [-0.05, 0) is 12.1 Å². The summed E-state index contributed by atoms with van der Waals surface area (Å²) in [4.78, 5) is 28.9. The maximum atomic E-state index is 13.0. The topological polar surface area (TPSA) is 133 Å². The van der Waals surface area contributed by atoms with Gasteiger partial charge < -0.3 is 9.47 Å². The minimum Gasteiger partial charge on any atom is -0.494 e. The SMILES string of the molecule is COc1cnc(Oc2c(Cl)cc(-n3nc(C(F)F)c(=O)[nH]c3=O)cc2Cl)cc1S(C)(=O)=O. The van der Waals surface area contributed by atoms with Gasteiger partial charge in [-0.2, -0.15) is 9.78 Å². The number of nitrogens with zero attached hydrogens (tertiary/aromatic N) is 3. The summed E-state index contributed by atoms with van der Waals surface area (Å²) in [5, 5.41) is 2.97. The van der Waals surface area contributed by atoms with Crippen molar-refractivity contribution in [3.63, 3.8) is 0 Å². The van der Waals surface area contributed by atoms with E-state index < -0.39 is 33.2 Å². The molecule has 0 amide bonds. The summed E-state index contributed by atoms with van der Waals surface area (Å²) in [7, 11) is -2.42. The molecule has 170 valence electrons. The summed E-state index contributed by atoms with van der Waals surface area (Å²) < 4.78 is 60.8. The zero-order chi connectivity index (χ0) is 23.8. The van der Waals surface area contributed by atoms with Crippen molar-refractivity contribution in [1.82, 2.24) is 19.7 Å². The first-order valence-electron chi connectivity index (χ1n) is 8.35. The van der Waals surface area contributed by atoms with Crippen LogP contribution in [-0.4, -0.2) is 41.5 Å². The molecule has 0 radical (unpaired) electrons. The van der Waals surface area contributed by atoms with Crippen molar-refractivity contribution in [2.24, 2.45) is 0 Å². The average molecular weight is 509 g/mol. The van der Waals surface area contributed by atoms with Crippen molar-refractivity contribution in [3.8, 4) is 23.1 Å². The first-order valence-corrected chi connectivity index (χ1v) is 11.0. The van der Waals surface area contributed by atoms with Gasteiger partial charge in [-0.1, -0.05) is 23.2 Å². The predicted molar refractivity (Wildman–Crippen MR) is 109 cm³/mol. The Balaban J connectivity index is 2.06. The van der Waals surface area contributed by atoms with Crippen LogP contribution >= 0.6 is 23.2 Å². The Kier molecular flexibility index (Phi) is 6.53. The van der Waals surface area contributed by atoms with Gasteiger partial charge in [-0.15, -0.1) is 0 Å². The van der Waals surface area contributed by atoms with Crippen LogP contribution in [0.15, 0.2) is 38.9 Å². The van der Waals surface area contributed by atoms with Gasteiger partial charge >= 0.3 is 5.69 Å². The molecule has 2 heterocycles. The molecule has 0 aliphatic carbocycles. The maximum absolute atomic E-state index is 13.0. The summed E-state index contributed by atoms with van der Waals surface area (Å²) >= 11 is 12.3. The Morgan fingerprint density at radius 1 is 1.16 bits per heavy atom. The molecule has 1 aromatic carbocycles. The summed E-state index contributed by atoms with van der Waals surface area (Å²) in [6, 6.07) is 3.33. The lowest BCUT2D eigenvalue weighted by Gasteiger charge is -2.13. The molecular weight excluding hydrogens is 497 g/mol. The molecule has 15 heteroatoms. The number of halogens is 4. The van der Waals surface area contributed by atoms with Gasteiger partial charge in [0.05, 0.1) is 29.0 Å². The molecule has 0 unspecified atom stereocenters. The molecule has 3 aromatic rings. The third-order valence-electron chi connectivity index (χ3n) is 3.92. The predicted octanol–water partition coefficient (Wildman–Crippen LogP) is 2.76. The maximum Gasteiger partial charge on any atom is 0.349 e. The Bertz CT molecular complexity index is 1400. The Hall–Kier alpha value is -3.03. The monoisotopic (exact) mass is 508 g/mol. The molecule has 3 rings (SSSR count). The second-order valence-corrected chi connectivity index (χ2v) is 8.94. The fraction of sp³-hybridized carbons (Fsp3) is 0.176. The van der Waals surface area contributed by atoms with Crippen LogP contribution in [0.2, 0.25) is 10.0 Å². The molecule has 0 bridgehead atoms. The Morgan fingerprint density at radius 3 is 2.31 bits per heavy atom. The zero-order valence-corrected chi connectivity index (χ0v) is 18.4. The van der Waals surface area contributed by atoms with Crippen LogP contribution in [0.1, 0.15) is 12.1 Å².